The Morgan fingerprint density at radius 3 is 2.66 bits per heavy atom. The number of esters is 1. The molecule has 0 aromatic carbocycles. The third-order valence-corrected chi connectivity index (χ3v) is 10.1. The first-order valence-electron chi connectivity index (χ1n) is 12.2. The van der Waals surface area contributed by atoms with Gasteiger partial charge in [-0.05, 0) is 67.1 Å². The highest BCUT2D eigenvalue weighted by molar-refractivity contribution is 5.94. The molecule has 4 aliphatic rings. The van der Waals surface area contributed by atoms with Gasteiger partial charge < -0.3 is 15.3 Å². The number of ketones is 1. The van der Waals surface area contributed by atoms with Crippen LogP contribution in [-0.4, -0.2) is 42.2 Å². The number of carbonyl (C=O) groups is 3. The summed E-state index contributed by atoms with van der Waals surface area (Å²) in [4.78, 5) is 37.8. The Balaban J connectivity index is 1.65. The van der Waals surface area contributed by atoms with Crippen molar-refractivity contribution >= 4 is 23.4 Å². The number of fused-ring (bicyclic) bond motifs is 5. The molecule has 0 spiro atoms. The van der Waals surface area contributed by atoms with E-state index in [0.717, 1.165) is 31.4 Å². The molecule has 32 heavy (non-hydrogen) atoms. The van der Waals surface area contributed by atoms with E-state index in [9.17, 15) is 19.6 Å². The van der Waals surface area contributed by atoms with Crippen LogP contribution in [0.2, 0.25) is 0 Å². The number of amides is 1. The van der Waals surface area contributed by atoms with E-state index in [2.05, 4.69) is 31.2 Å². The predicted octanol–water partition coefficient (Wildman–Crippen LogP) is 3.58. The Hall–Kier alpha value is -1.92. The van der Waals surface area contributed by atoms with E-state index in [1.807, 2.05) is 0 Å². The largest absolute Gasteiger partial charge is 0.469 e. The summed E-state index contributed by atoms with van der Waals surface area (Å²) in [7, 11) is 1.41. The summed E-state index contributed by atoms with van der Waals surface area (Å²) in [5.41, 5.74) is 0.205. The van der Waals surface area contributed by atoms with Crippen molar-refractivity contribution in [2.45, 2.75) is 72.1 Å². The third kappa shape index (κ3) is 3.47. The van der Waals surface area contributed by atoms with Crippen molar-refractivity contribution in [3.05, 3.63) is 0 Å². The molecule has 0 aromatic heterocycles. The zero-order valence-electron chi connectivity index (χ0n) is 19.9. The fraction of sp³-hybridized carbons (Fsp3) is 0.840. The molecule has 0 radical (unpaired) electrons. The predicted molar refractivity (Wildman–Crippen MR) is 119 cm³/mol. The minimum absolute atomic E-state index is 0.0572. The Bertz CT molecular complexity index is 825. The summed E-state index contributed by atoms with van der Waals surface area (Å²) in [6.07, 6.45) is 5.39. The first-order chi connectivity index (χ1) is 15.2. The molecule has 4 rings (SSSR count). The second-order valence-corrected chi connectivity index (χ2v) is 11.2. The molecule has 7 nitrogen and oxygen atoms in total. The van der Waals surface area contributed by atoms with E-state index in [1.165, 1.54) is 7.11 Å². The zero-order chi connectivity index (χ0) is 23.3. The van der Waals surface area contributed by atoms with Crippen molar-refractivity contribution in [2.24, 2.45) is 51.5 Å². The molecular weight excluding hydrogens is 408 g/mol. The smallest absolute Gasteiger partial charge is 0.305 e. The number of ether oxygens (including phenoxy) is 1. The number of Topliss-reactive ketones (excluding diaryl/α,β-unsaturated/α-hetero) is 1. The second kappa shape index (κ2) is 8.45. The maximum Gasteiger partial charge on any atom is 0.305 e. The number of carbonyl (C=O) groups excluding carboxylic acids is 3. The number of nitrogens with zero attached hydrogens (tertiary/aromatic N) is 1. The van der Waals surface area contributed by atoms with Gasteiger partial charge in [0.1, 0.15) is 5.78 Å². The van der Waals surface area contributed by atoms with Crippen LogP contribution in [0.15, 0.2) is 5.16 Å². The molecule has 3 aliphatic carbocycles. The fourth-order valence-corrected chi connectivity index (χ4v) is 8.15. The van der Waals surface area contributed by atoms with Crippen LogP contribution < -0.4 is 5.32 Å². The van der Waals surface area contributed by atoms with Gasteiger partial charge in [-0.25, -0.2) is 0 Å². The van der Waals surface area contributed by atoms with Crippen molar-refractivity contribution in [1.29, 1.82) is 0 Å². The van der Waals surface area contributed by atoms with Crippen LogP contribution in [0, 0.1) is 46.3 Å². The lowest BCUT2D eigenvalue weighted by Gasteiger charge is -2.58. The van der Waals surface area contributed by atoms with E-state index >= 15 is 0 Å². The monoisotopic (exact) mass is 446 g/mol. The lowest BCUT2D eigenvalue weighted by molar-refractivity contribution is -0.147. The summed E-state index contributed by atoms with van der Waals surface area (Å²) in [5.74, 6) is 1.06. The van der Waals surface area contributed by atoms with E-state index in [1.54, 1.807) is 0 Å². The number of nitrogens with one attached hydrogen (secondary N) is 1. The van der Waals surface area contributed by atoms with E-state index < -0.39 is 5.41 Å². The molecule has 4 fully saturated rings. The summed E-state index contributed by atoms with van der Waals surface area (Å²) >= 11 is 0. The highest BCUT2D eigenvalue weighted by Crippen LogP contribution is 2.65. The number of hydrogen-bond acceptors (Lipinski definition) is 6. The third-order valence-electron chi connectivity index (χ3n) is 10.1. The zero-order valence-corrected chi connectivity index (χ0v) is 19.9. The number of methoxy groups -OCH3 is 1. The van der Waals surface area contributed by atoms with Gasteiger partial charge in [0.05, 0.1) is 12.8 Å². The molecule has 8 atom stereocenters. The lowest BCUT2D eigenvalue weighted by Crippen LogP contribution is -2.59. The first-order valence-corrected chi connectivity index (χ1v) is 12.2. The minimum atomic E-state index is -0.464. The van der Waals surface area contributed by atoms with Crippen LogP contribution in [0.3, 0.4) is 0 Å². The van der Waals surface area contributed by atoms with Gasteiger partial charge in [0.25, 0.3) is 0 Å². The molecule has 1 saturated heterocycles. The molecule has 0 aromatic rings. The molecule has 2 N–H and O–H groups in total. The standard InChI is InChI=1S/C25H38N2O5/c1-14(5-8-22(30)32-4)16-6-7-17-23-18(13-20(28)25(16,17)3)24(2)9-10-26-21(29)12-15(24)11-19(23)27-31/h14-18,23,31H,5-13H2,1-4H3,(H,26,29)/b27-19+/t14-,15-,16-,17+,18+,23+,24+,25-/m1/s1. The fourth-order valence-electron chi connectivity index (χ4n) is 8.15. The van der Waals surface area contributed by atoms with E-state index in [0.29, 0.717) is 38.0 Å². The van der Waals surface area contributed by atoms with Gasteiger partial charge in [0.15, 0.2) is 0 Å². The van der Waals surface area contributed by atoms with E-state index in [4.69, 9.17) is 4.74 Å². The van der Waals surface area contributed by atoms with Gasteiger partial charge in [0.2, 0.25) is 5.91 Å². The van der Waals surface area contributed by atoms with Crippen LogP contribution in [0.1, 0.15) is 72.1 Å². The van der Waals surface area contributed by atoms with Crippen molar-refractivity contribution in [3.8, 4) is 0 Å². The van der Waals surface area contributed by atoms with Crippen LogP contribution in [0.5, 0.6) is 0 Å². The summed E-state index contributed by atoms with van der Waals surface area (Å²) < 4.78 is 4.82. The molecule has 3 saturated carbocycles. The number of oxime groups is 1. The molecule has 0 bridgehead atoms. The van der Waals surface area contributed by atoms with E-state index in [-0.39, 0.29) is 52.8 Å². The Labute approximate surface area is 190 Å². The van der Waals surface area contributed by atoms with Crippen molar-refractivity contribution < 1.29 is 24.3 Å². The topological polar surface area (TPSA) is 105 Å². The molecule has 1 aliphatic heterocycles. The van der Waals surface area contributed by atoms with Gasteiger partial charge >= 0.3 is 5.97 Å². The lowest BCUT2D eigenvalue weighted by atomic mass is 9.45. The molecular formula is C25H38N2O5. The van der Waals surface area contributed by atoms with Gasteiger partial charge in [-0.2, -0.15) is 0 Å². The van der Waals surface area contributed by atoms with Gasteiger partial charge in [-0.15, -0.1) is 0 Å². The molecule has 178 valence electrons. The number of rotatable bonds is 4. The summed E-state index contributed by atoms with van der Waals surface area (Å²) in [6.45, 7) is 7.18. The summed E-state index contributed by atoms with van der Waals surface area (Å²) in [6, 6.07) is 0. The Morgan fingerprint density at radius 2 is 1.97 bits per heavy atom. The van der Waals surface area contributed by atoms with Crippen LogP contribution in [0.25, 0.3) is 0 Å². The SMILES string of the molecule is COC(=O)CC[C@@H](C)[C@H]1CC[C@H]2[C@@H]3/C(=N/O)C[C@@H]4CC(=O)NCC[C@]4(C)[C@H]3CC(=O)[C@]12C. The maximum absolute atomic E-state index is 13.8. The quantitative estimate of drug-likeness (QED) is 0.390. The van der Waals surface area contributed by atoms with Crippen molar-refractivity contribution in [2.75, 3.05) is 13.7 Å². The molecule has 0 unspecified atom stereocenters. The van der Waals surface area contributed by atoms with Crippen LogP contribution in [0.4, 0.5) is 0 Å². The van der Waals surface area contributed by atoms with Crippen molar-refractivity contribution in [3.63, 3.8) is 0 Å². The average Bonchev–Trinajstić information content (AvgIpc) is 3.05. The van der Waals surface area contributed by atoms with Crippen LogP contribution >= 0.6 is 0 Å². The number of hydrogen-bond donors (Lipinski definition) is 2. The Kier molecular flexibility index (Phi) is 6.14. The van der Waals surface area contributed by atoms with Crippen molar-refractivity contribution in [1.82, 2.24) is 5.32 Å². The maximum atomic E-state index is 13.8. The van der Waals surface area contributed by atoms with Gasteiger partial charge in [0, 0.05) is 37.1 Å². The average molecular weight is 447 g/mol. The molecule has 1 amide bonds. The highest BCUT2D eigenvalue weighted by atomic mass is 16.5. The minimum Gasteiger partial charge on any atom is -0.469 e. The van der Waals surface area contributed by atoms with Gasteiger partial charge in [-0.3, -0.25) is 14.4 Å². The summed E-state index contributed by atoms with van der Waals surface area (Å²) in [5, 5.41) is 16.8. The Morgan fingerprint density at radius 1 is 1.22 bits per heavy atom. The highest BCUT2D eigenvalue weighted by Gasteiger charge is 2.65. The van der Waals surface area contributed by atoms with Gasteiger partial charge in [-0.1, -0.05) is 25.9 Å². The molecule has 7 heteroatoms. The van der Waals surface area contributed by atoms with Crippen LogP contribution in [-0.2, 0) is 19.1 Å². The first kappa shape index (κ1) is 23.2. The normalized spacial score (nSPS) is 43.5. The second-order valence-electron chi connectivity index (χ2n) is 11.2. The molecule has 1 heterocycles.